The van der Waals surface area contributed by atoms with E-state index in [9.17, 15) is 14.4 Å². The predicted molar refractivity (Wildman–Crippen MR) is 110 cm³/mol. The second-order valence-corrected chi connectivity index (χ2v) is 7.58. The van der Waals surface area contributed by atoms with E-state index >= 15 is 0 Å². The zero-order chi connectivity index (χ0) is 20.4. The number of carbonyl (C=O) groups is 2. The molecule has 148 valence electrons. The molecule has 1 aromatic carbocycles. The van der Waals surface area contributed by atoms with Gasteiger partial charge >= 0.3 is 11.7 Å². The first-order valence-electron chi connectivity index (χ1n) is 9.14. The van der Waals surface area contributed by atoms with Crippen LogP contribution < -0.4 is 11.0 Å². The Bertz CT molecular complexity index is 1110. The normalized spacial score (nSPS) is 11.0. The number of para-hydroxylation sites is 2. The van der Waals surface area contributed by atoms with Gasteiger partial charge in [-0.2, -0.15) is 0 Å². The summed E-state index contributed by atoms with van der Waals surface area (Å²) in [5.74, 6) is -0.827. The molecule has 3 aromatic rings. The number of carbonyl (C=O) groups excluding carboxylic acids is 2. The van der Waals surface area contributed by atoms with E-state index in [2.05, 4.69) is 5.32 Å². The standard InChI is InChI=1S/C20H23N3O4S/c1-5-22-14-9-7-8-10-15(14)23(20(22)26)11-16(24)21-18-17(19(25)27-6-2)12(3)13(4)28-18/h7-10H,5-6,11H2,1-4H3,(H,21,24). The fourth-order valence-electron chi connectivity index (χ4n) is 3.20. The molecular formula is C20H23N3O4S. The molecule has 0 aliphatic rings. The molecule has 0 spiro atoms. The Labute approximate surface area is 166 Å². The number of aryl methyl sites for hydroxylation is 2. The van der Waals surface area contributed by atoms with Crippen LogP contribution in [0.2, 0.25) is 0 Å². The molecule has 0 fully saturated rings. The van der Waals surface area contributed by atoms with Gasteiger partial charge in [0.15, 0.2) is 0 Å². The number of thiophene rings is 1. The van der Waals surface area contributed by atoms with E-state index in [1.807, 2.05) is 45.0 Å². The van der Waals surface area contributed by atoms with Crippen LogP contribution in [0.3, 0.4) is 0 Å². The molecule has 7 nitrogen and oxygen atoms in total. The number of fused-ring (bicyclic) bond motifs is 1. The van der Waals surface area contributed by atoms with Crippen LogP contribution in [0.5, 0.6) is 0 Å². The van der Waals surface area contributed by atoms with E-state index in [0.717, 1.165) is 16.0 Å². The molecule has 28 heavy (non-hydrogen) atoms. The highest BCUT2D eigenvalue weighted by atomic mass is 32.1. The summed E-state index contributed by atoms with van der Waals surface area (Å²) >= 11 is 1.33. The van der Waals surface area contributed by atoms with Crippen molar-refractivity contribution >= 4 is 39.2 Å². The van der Waals surface area contributed by atoms with Gasteiger partial charge in [-0.05, 0) is 45.4 Å². The molecule has 2 aromatic heterocycles. The number of esters is 1. The lowest BCUT2D eigenvalue weighted by atomic mass is 10.1. The molecule has 0 bridgehead atoms. The fourth-order valence-corrected chi connectivity index (χ4v) is 4.27. The van der Waals surface area contributed by atoms with Gasteiger partial charge in [0.1, 0.15) is 11.5 Å². The molecule has 3 rings (SSSR count). The van der Waals surface area contributed by atoms with E-state index in [1.165, 1.54) is 15.9 Å². The van der Waals surface area contributed by atoms with Crippen molar-refractivity contribution < 1.29 is 14.3 Å². The summed E-state index contributed by atoms with van der Waals surface area (Å²) in [5.41, 5.74) is 2.43. The Morgan fingerprint density at radius 1 is 1.11 bits per heavy atom. The number of hydrogen-bond donors (Lipinski definition) is 1. The maximum Gasteiger partial charge on any atom is 0.341 e. The number of amides is 1. The van der Waals surface area contributed by atoms with Crippen molar-refractivity contribution in [2.45, 2.75) is 40.8 Å². The maximum absolute atomic E-state index is 12.7. The summed E-state index contributed by atoms with van der Waals surface area (Å²) in [7, 11) is 0. The molecule has 0 saturated heterocycles. The fraction of sp³-hybridized carbons (Fsp3) is 0.350. The highest BCUT2D eigenvalue weighted by molar-refractivity contribution is 7.16. The van der Waals surface area contributed by atoms with Crippen LogP contribution in [0.25, 0.3) is 11.0 Å². The Morgan fingerprint density at radius 3 is 2.36 bits per heavy atom. The maximum atomic E-state index is 12.7. The molecular weight excluding hydrogens is 378 g/mol. The average molecular weight is 401 g/mol. The number of aromatic nitrogens is 2. The molecule has 0 atom stereocenters. The van der Waals surface area contributed by atoms with Gasteiger partial charge in [0.05, 0.1) is 23.2 Å². The summed E-state index contributed by atoms with van der Waals surface area (Å²) in [5, 5.41) is 3.24. The first kappa shape index (κ1) is 19.9. The zero-order valence-corrected chi connectivity index (χ0v) is 17.2. The SMILES string of the molecule is CCOC(=O)c1c(NC(=O)Cn2c(=O)n(CC)c3ccccc32)sc(C)c1C. The summed E-state index contributed by atoms with van der Waals surface area (Å²) in [6.45, 7) is 7.98. The van der Waals surface area contributed by atoms with Gasteiger partial charge in [0.25, 0.3) is 0 Å². The van der Waals surface area contributed by atoms with Crippen molar-refractivity contribution in [2.24, 2.45) is 0 Å². The number of ether oxygens (including phenoxy) is 1. The minimum absolute atomic E-state index is 0.134. The van der Waals surface area contributed by atoms with Crippen molar-refractivity contribution in [3.8, 4) is 0 Å². The molecule has 0 aliphatic heterocycles. The third-order valence-electron chi connectivity index (χ3n) is 4.66. The number of nitrogens with zero attached hydrogens (tertiary/aromatic N) is 2. The van der Waals surface area contributed by atoms with Crippen LogP contribution >= 0.6 is 11.3 Å². The third kappa shape index (κ3) is 3.47. The van der Waals surface area contributed by atoms with Crippen LogP contribution in [0, 0.1) is 13.8 Å². The van der Waals surface area contributed by atoms with E-state index in [0.29, 0.717) is 22.6 Å². The summed E-state index contributed by atoms with van der Waals surface area (Å²) in [6.07, 6.45) is 0. The van der Waals surface area contributed by atoms with Gasteiger partial charge in [0.2, 0.25) is 5.91 Å². The van der Waals surface area contributed by atoms with Gasteiger partial charge in [-0.25, -0.2) is 9.59 Å². The number of imidazole rings is 1. The van der Waals surface area contributed by atoms with Crippen molar-refractivity contribution in [3.63, 3.8) is 0 Å². The van der Waals surface area contributed by atoms with E-state index in [1.54, 1.807) is 11.5 Å². The third-order valence-corrected chi connectivity index (χ3v) is 5.78. The summed E-state index contributed by atoms with van der Waals surface area (Å²) in [4.78, 5) is 38.6. The van der Waals surface area contributed by atoms with Crippen LogP contribution in [0.1, 0.15) is 34.6 Å². The van der Waals surface area contributed by atoms with Crippen molar-refractivity contribution in [3.05, 3.63) is 50.8 Å². The Balaban J connectivity index is 1.92. The number of anilines is 1. The van der Waals surface area contributed by atoms with Crippen molar-refractivity contribution in [1.29, 1.82) is 0 Å². The topological polar surface area (TPSA) is 82.3 Å². The van der Waals surface area contributed by atoms with Crippen LogP contribution in [-0.2, 0) is 22.6 Å². The smallest absolute Gasteiger partial charge is 0.341 e. The molecule has 1 amide bonds. The first-order chi connectivity index (χ1) is 13.4. The van der Waals surface area contributed by atoms with Crippen LogP contribution in [0.15, 0.2) is 29.1 Å². The molecule has 2 heterocycles. The molecule has 0 aliphatic carbocycles. The molecule has 0 saturated carbocycles. The monoisotopic (exact) mass is 401 g/mol. The first-order valence-corrected chi connectivity index (χ1v) is 9.95. The van der Waals surface area contributed by atoms with Crippen molar-refractivity contribution in [2.75, 3.05) is 11.9 Å². The lowest BCUT2D eigenvalue weighted by Gasteiger charge is -2.08. The van der Waals surface area contributed by atoms with Crippen molar-refractivity contribution in [1.82, 2.24) is 9.13 Å². The second-order valence-electron chi connectivity index (χ2n) is 6.36. The van der Waals surface area contributed by atoms with E-state index < -0.39 is 5.97 Å². The Hall–Kier alpha value is -2.87. The lowest BCUT2D eigenvalue weighted by Crippen LogP contribution is -2.29. The van der Waals surface area contributed by atoms with Crippen LogP contribution in [0.4, 0.5) is 5.00 Å². The predicted octanol–water partition coefficient (Wildman–Crippen LogP) is 3.32. The number of benzene rings is 1. The van der Waals surface area contributed by atoms with Crippen LogP contribution in [-0.4, -0.2) is 27.6 Å². The molecule has 0 unspecified atom stereocenters. The minimum Gasteiger partial charge on any atom is -0.462 e. The van der Waals surface area contributed by atoms with E-state index in [-0.39, 0.29) is 24.7 Å². The number of nitrogens with one attached hydrogen (secondary N) is 1. The summed E-state index contributed by atoms with van der Waals surface area (Å²) < 4.78 is 8.20. The number of rotatable bonds is 6. The molecule has 8 heteroatoms. The highest BCUT2D eigenvalue weighted by Crippen LogP contribution is 2.33. The zero-order valence-electron chi connectivity index (χ0n) is 16.4. The molecule has 1 N–H and O–H groups in total. The molecule has 0 radical (unpaired) electrons. The second kappa shape index (κ2) is 8.02. The van der Waals surface area contributed by atoms with E-state index in [4.69, 9.17) is 4.74 Å². The quantitative estimate of drug-likeness (QED) is 0.643. The Morgan fingerprint density at radius 2 is 1.75 bits per heavy atom. The highest BCUT2D eigenvalue weighted by Gasteiger charge is 2.23. The Kier molecular flexibility index (Phi) is 5.69. The largest absolute Gasteiger partial charge is 0.462 e. The summed E-state index contributed by atoms with van der Waals surface area (Å²) in [6, 6.07) is 7.38. The average Bonchev–Trinajstić information content (AvgIpc) is 3.09. The lowest BCUT2D eigenvalue weighted by molar-refractivity contribution is -0.116. The van der Waals surface area contributed by atoms with Gasteiger partial charge < -0.3 is 10.1 Å². The number of hydrogen-bond acceptors (Lipinski definition) is 5. The van der Waals surface area contributed by atoms with Gasteiger partial charge in [-0.1, -0.05) is 12.1 Å². The van der Waals surface area contributed by atoms with Gasteiger partial charge in [0, 0.05) is 11.4 Å². The minimum atomic E-state index is -0.459. The van der Waals surface area contributed by atoms with Gasteiger partial charge in [-0.15, -0.1) is 11.3 Å². The van der Waals surface area contributed by atoms with Gasteiger partial charge in [-0.3, -0.25) is 13.9 Å².